The highest BCUT2D eigenvalue weighted by Gasteiger charge is 2.62. The Hall–Kier alpha value is -1.79. The lowest BCUT2D eigenvalue weighted by Crippen LogP contribution is -2.41. The molecule has 6 nitrogen and oxygen atoms in total. The molecule has 0 aromatic heterocycles. The monoisotopic (exact) mass is 378 g/mol. The van der Waals surface area contributed by atoms with E-state index in [1.807, 2.05) is 4.90 Å². The second-order valence-corrected chi connectivity index (χ2v) is 8.15. The molecule has 140 valence electrons. The first-order chi connectivity index (χ1) is 12.5. The average molecular weight is 379 g/mol. The Bertz CT molecular complexity index is 706. The summed E-state index contributed by atoms with van der Waals surface area (Å²) in [5.74, 6) is 0.0332. The number of halogens is 1. The van der Waals surface area contributed by atoms with Crippen molar-refractivity contribution in [2.75, 3.05) is 39.3 Å². The normalized spacial score (nSPS) is 28.4. The molecule has 1 aromatic carbocycles. The van der Waals surface area contributed by atoms with Crippen molar-refractivity contribution in [3.8, 4) is 5.75 Å². The maximum atomic E-state index is 12.7. The number of ether oxygens (including phenoxy) is 1. The minimum absolute atomic E-state index is 0.0143. The first-order valence-corrected chi connectivity index (χ1v) is 9.49. The Kier molecular flexibility index (Phi) is 4.57. The zero-order chi connectivity index (χ0) is 18.3. The number of amides is 1. The van der Waals surface area contributed by atoms with Gasteiger partial charge < -0.3 is 14.7 Å². The third-order valence-electron chi connectivity index (χ3n) is 5.79. The molecule has 3 aliphatic rings. The van der Waals surface area contributed by atoms with Crippen LogP contribution in [0.4, 0.5) is 0 Å². The predicted octanol–water partition coefficient (Wildman–Crippen LogP) is 1.97. The number of carbonyl (C=O) groups excluding carboxylic acids is 1. The van der Waals surface area contributed by atoms with Crippen LogP contribution in [0, 0.1) is 17.3 Å². The second kappa shape index (κ2) is 6.74. The zero-order valence-corrected chi connectivity index (χ0v) is 15.3. The van der Waals surface area contributed by atoms with Crippen LogP contribution in [-0.4, -0.2) is 66.1 Å². The fraction of sp³-hybridized carbons (Fsp3) is 0.579. The quantitative estimate of drug-likeness (QED) is 0.785. The fourth-order valence-electron chi connectivity index (χ4n) is 4.16. The third kappa shape index (κ3) is 3.28. The Morgan fingerprint density at radius 3 is 2.62 bits per heavy atom. The lowest BCUT2D eigenvalue weighted by Gasteiger charge is -2.25. The topological polar surface area (TPSA) is 70.1 Å². The van der Waals surface area contributed by atoms with Crippen LogP contribution in [0.2, 0.25) is 5.02 Å². The van der Waals surface area contributed by atoms with Crippen molar-refractivity contribution in [1.82, 2.24) is 9.80 Å². The second-order valence-electron chi connectivity index (χ2n) is 7.71. The highest BCUT2D eigenvalue weighted by atomic mass is 35.5. The van der Waals surface area contributed by atoms with E-state index in [0.717, 1.165) is 25.1 Å². The van der Waals surface area contributed by atoms with Gasteiger partial charge in [0.2, 0.25) is 5.91 Å². The smallest absolute Gasteiger partial charge is 0.313 e. The van der Waals surface area contributed by atoms with E-state index in [4.69, 9.17) is 16.3 Å². The molecule has 26 heavy (non-hydrogen) atoms. The molecule has 2 aliphatic heterocycles. The minimum Gasteiger partial charge on any atom is -0.492 e. The van der Waals surface area contributed by atoms with Crippen LogP contribution in [0.15, 0.2) is 24.3 Å². The molecule has 1 saturated carbocycles. The van der Waals surface area contributed by atoms with Gasteiger partial charge in [0.05, 0.1) is 5.92 Å². The molecule has 0 bridgehead atoms. The molecule has 1 N–H and O–H groups in total. The standard InChI is InChI=1S/C19H23ClN2O4/c20-14-3-5-15(6-4-14)26-8-7-21-10-16-17(23)22(9-13-1-2-13)12-19(16,11-21)18(24)25/h3-6,13,16H,1-2,7-12H2,(H,24,25)/t16-,19-/m0/s1. The van der Waals surface area contributed by atoms with E-state index >= 15 is 0 Å². The van der Waals surface area contributed by atoms with Gasteiger partial charge in [0.1, 0.15) is 17.8 Å². The Labute approximate surface area is 157 Å². The van der Waals surface area contributed by atoms with Crippen molar-refractivity contribution in [1.29, 1.82) is 0 Å². The van der Waals surface area contributed by atoms with E-state index in [1.54, 1.807) is 29.2 Å². The van der Waals surface area contributed by atoms with Gasteiger partial charge in [-0.2, -0.15) is 0 Å². The third-order valence-corrected chi connectivity index (χ3v) is 6.04. The Balaban J connectivity index is 1.35. The summed E-state index contributed by atoms with van der Waals surface area (Å²) >= 11 is 5.85. The number of hydrogen-bond donors (Lipinski definition) is 1. The number of hydrogen-bond acceptors (Lipinski definition) is 4. The summed E-state index contributed by atoms with van der Waals surface area (Å²) < 4.78 is 5.70. The van der Waals surface area contributed by atoms with Crippen LogP contribution in [0.1, 0.15) is 12.8 Å². The molecule has 1 aromatic rings. The van der Waals surface area contributed by atoms with Crippen molar-refractivity contribution in [3.63, 3.8) is 0 Å². The van der Waals surface area contributed by atoms with Crippen LogP contribution in [0.3, 0.4) is 0 Å². The molecule has 7 heteroatoms. The van der Waals surface area contributed by atoms with E-state index < -0.39 is 17.3 Å². The molecule has 0 spiro atoms. The number of nitrogens with zero attached hydrogens (tertiary/aromatic N) is 2. The molecular weight excluding hydrogens is 356 g/mol. The van der Waals surface area contributed by atoms with Gasteiger partial charge in [0.15, 0.2) is 0 Å². The van der Waals surface area contributed by atoms with E-state index in [1.165, 1.54) is 0 Å². The Morgan fingerprint density at radius 1 is 1.27 bits per heavy atom. The van der Waals surface area contributed by atoms with Gasteiger partial charge in [-0.15, -0.1) is 0 Å². The summed E-state index contributed by atoms with van der Waals surface area (Å²) in [6, 6.07) is 7.14. The van der Waals surface area contributed by atoms with E-state index in [0.29, 0.717) is 43.7 Å². The van der Waals surface area contributed by atoms with Crippen LogP contribution < -0.4 is 4.74 Å². The first-order valence-electron chi connectivity index (χ1n) is 9.11. The number of aliphatic carboxylic acids is 1. The highest BCUT2D eigenvalue weighted by molar-refractivity contribution is 6.30. The summed E-state index contributed by atoms with van der Waals surface area (Å²) in [6.07, 6.45) is 2.31. The molecule has 2 heterocycles. The lowest BCUT2D eigenvalue weighted by atomic mass is 9.81. The van der Waals surface area contributed by atoms with Gasteiger partial charge in [0, 0.05) is 37.7 Å². The number of likely N-dealkylation sites (tertiary alicyclic amines) is 2. The SMILES string of the molecule is O=C1[C@@H]2CN(CCOc3ccc(Cl)cc3)C[C@]2(C(=O)O)CN1CC1CC1. The molecule has 0 unspecified atom stereocenters. The van der Waals surface area contributed by atoms with Crippen molar-refractivity contribution in [2.24, 2.45) is 17.3 Å². The molecular formula is C19H23ClN2O4. The van der Waals surface area contributed by atoms with E-state index in [9.17, 15) is 14.7 Å². The summed E-state index contributed by atoms with van der Waals surface area (Å²) in [4.78, 5) is 28.6. The highest BCUT2D eigenvalue weighted by Crippen LogP contribution is 2.45. The number of fused-ring (bicyclic) bond motifs is 1. The fourth-order valence-corrected chi connectivity index (χ4v) is 4.29. The number of carbonyl (C=O) groups is 2. The number of carboxylic acids is 1. The molecule has 1 amide bonds. The van der Waals surface area contributed by atoms with Crippen LogP contribution >= 0.6 is 11.6 Å². The van der Waals surface area contributed by atoms with Gasteiger partial charge in [-0.1, -0.05) is 11.6 Å². The summed E-state index contributed by atoms with van der Waals surface area (Å²) in [7, 11) is 0. The predicted molar refractivity (Wildman–Crippen MR) is 96.2 cm³/mol. The average Bonchev–Trinajstić information content (AvgIpc) is 3.29. The number of rotatable bonds is 7. The van der Waals surface area contributed by atoms with Gasteiger partial charge in [-0.3, -0.25) is 14.5 Å². The molecule has 2 atom stereocenters. The van der Waals surface area contributed by atoms with E-state index in [-0.39, 0.29) is 5.91 Å². The molecule has 4 rings (SSSR count). The van der Waals surface area contributed by atoms with Crippen molar-refractivity contribution in [3.05, 3.63) is 29.3 Å². The van der Waals surface area contributed by atoms with Gasteiger partial charge in [-0.25, -0.2) is 0 Å². The molecule has 3 fully saturated rings. The van der Waals surface area contributed by atoms with Crippen LogP contribution in [0.25, 0.3) is 0 Å². The number of carboxylic acid groups (broad SMARTS) is 1. The van der Waals surface area contributed by atoms with Crippen molar-refractivity contribution < 1.29 is 19.4 Å². The zero-order valence-electron chi connectivity index (χ0n) is 14.6. The minimum atomic E-state index is -0.966. The maximum absolute atomic E-state index is 12.7. The first kappa shape index (κ1) is 17.6. The van der Waals surface area contributed by atoms with Crippen LogP contribution in [0.5, 0.6) is 5.75 Å². The molecule has 2 saturated heterocycles. The largest absolute Gasteiger partial charge is 0.492 e. The van der Waals surface area contributed by atoms with Gasteiger partial charge in [0.25, 0.3) is 0 Å². The van der Waals surface area contributed by atoms with Gasteiger partial charge in [-0.05, 0) is 43.0 Å². The maximum Gasteiger partial charge on any atom is 0.313 e. The summed E-state index contributed by atoms with van der Waals surface area (Å²) in [5.41, 5.74) is -0.966. The summed E-state index contributed by atoms with van der Waals surface area (Å²) in [5, 5.41) is 10.5. The lowest BCUT2D eigenvalue weighted by molar-refractivity contribution is -0.149. The molecule has 1 aliphatic carbocycles. The van der Waals surface area contributed by atoms with Gasteiger partial charge >= 0.3 is 5.97 Å². The Morgan fingerprint density at radius 2 is 2.00 bits per heavy atom. The molecule has 0 radical (unpaired) electrons. The van der Waals surface area contributed by atoms with Crippen LogP contribution in [-0.2, 0) is 9.59 Å². The summed E-state index contributed by atoms with van der Waals surface area (Å²) in [6.45, 7) is 3.02. The number of benzene rings is 1. The van der Waals surface area contributed by atoms with Crippen molar-refractivity contribution >= 4 is 23.5 Å². The van der Waals surface area contributed by atoms with Crippen molar-refractivity contribution in [2.45, 2.75) is 12.8 Å². The van der Waals surface area contributed by atoms with E-state index in [2.05, 4.69) is 0 Å².